The van der Waals surface area contributed by atoms with Crippen molar-refractivity contribution in [1.29, 1.82) is 5.26 Å². The third kappa shape index (κ3) is 3.36. The van der Waals surface area contributed by atoms with Crippen LogP contribution in [0.5, 0.6) is 0 Å². The molecule has 0 aliphatic heterocycles. The van der Waals surface area contributed by atoms with E-state index >= 15 is 0 Å². The quantitative estimate of drug-likeness (QED) is 0.915. The van der Waals surface area contributed by atoms with Gasteiger partial charge >= 0.3 is 0 Å². The van der Waals surface area contributed by atoms with Crippen LogP contribution in [0.1, 0.15) is 49.4 Å². The summed E-state index contributed by atoms with van der Waals surface area (Å²) in [6.07, 6.45) is 4.07. The largest absolute Gasteiger partial charge is 0.334 e. The number of hydrogen-bond acceptors (Lipinski definition) is 2. The Morgan fingerprint density at radius 1 is 1.52 bits per heavy atom. The molecule has 1 aromatic carbocycles. The zero-order valence-electron chi connectivity index (χ0n) is 12.0. The molecule has 0 atom stereocenters. The van der Waals surface area contributed by atoms with E-state index in [1.54, 1.807) is 0 Å². The summed E-state index contributed by atoms with van der Waals surface area (Å²) in [5.74, 6) is -0.689. The Bertz CT molecular complexity index is 554. The van der Waals surface area contributed by atoms with Gasteiger partial charge in [0.1, 0.15) is 11.4 Å². The molecule has 0 radical (unpaired) electrons. The van der Waals surface area contributed by atoms with Gasteiger partial charge in [0, 0.05) is 0 Å². The second-order valence-electron chi connectivity index (χ2n) is 5.60. The van der Waals surface area contributed by atoms with Gasteiger partial charge in [-0.1, -0.05) is 31.0 Å². The SMILES string of the molecule is CCC1CCC(C#N)(NC(=O)c2c(F)cccc2Cl)CC1. The summed E-state index contributed by atoms with van der Waals surface area (Å²) in [6.45, 7) is 2.13. The van der Waals surface area contributed by atoms with Crippen molar-refractivity contribution in [3.8, 4) is 6.07 Å². The zero-order chi connectivity index (χ0) is 15.5. The van der Waals surface area contributed by atoms with Gasteiger partial charge in [0.25, 0.3) is 5.91 Å². The highest BCUT2D eigenvalue weighted by Gasteiger charge is 2.37. The Balaban J connectivity index is 2.16. The van der Waals surface area contributed by atoms with Crippen molar-refractivity contribution in [3.63, 3.8) is 0 Å². The average Bonchev–Trinajstić information content (AvgIpc) is 2.48. The maximum Gasteiger partial charge on any atom is 0.257 e. The van der Waals surface area contributed by atoms with Crippen LogP contribution >= 0.6 is 11.6 Å². The molecular weight excluding hydrogens is 291 g/mol. The molecule has 1 aliphatic carbocycles. The molecule has 3 nitrogen and oxygen atoms in total. The number of amides is 1. The van der Waals surface area contributed by atoms with Crippen LogP contribution in [0.2, 0.25) is 5.02 Å². The van der Waals surface area contributed by atoms with Crippen molar-refractivity contribution in [2.24, 2.45) is 5.92 Å². The van der Waals surface area contributed by atoms with E-state index in [0.717, 1.165) is 19.3 Å². The van der Waals surface area contributed by atoms with E-state index in [2.05, 4.69) is 18.3 Å². The van der Waals surface area contributed by atoms with Crippen molar-refractivity contribution < 1.29 is 9.18 Å². The van der Waals surface area contributed by atoms with Gasteiger partial charge in [-0.3, -0.25) is 4.79 Å². The molecular formula is C16H18ClFN2O. The molecule has 1 saturated carbocycles. The maximum absolute atomic E-state index is 13.8. The highest BCUT2D eigenvalue weighted by Crippen LogP contribution is 2.34. The fourth-order valence-electron chi connectivity index (χ4n) is 2.84. The molecule has 1 N–H and O–H groups in total. The molecule has 1 amide bonds. The van der Waals surface area contributed by atoms with Gasteiger partial charge in [-0.2, -0.15) is 5.26 Å². The first-order valence-corrected chi connectivity index (χ1v) is 7.57. The monoisotopic (exact) mass is 308 g/mol. The standard InChI is InChI=1S/C16H18ClFN2O/c1-2-11-6-8-16(10-19,9-7-11)20-15(21)14-12(17)4-3-5-13(14)18/h3-5,11H,2,6-9H2,1H3,(H,20,21). The van der Waals surface area contributed by atoms with E-state index in [1.165, 1.54) is 18.2 Å². The van der Waals surface area contributed by atoms with E-state index in [-0.39, 0.29) is 10.6 Å². The summed E-state index contributed by atoms with van der Waals surface area (Å²) >= 11 is 5.89. The molecule has 1 fully saturated rings. The third-order valence-corrected chi connectivity index (χ3v) is 4.61. The molecule has 2 rings (SSSR count). The highest BCUT2D eigenvalue weighted by molar-refractivity contribution is 6.33. The van der Waals surface area contributed by atoms with Gasteiger partial charge in [0.2, 0.25) is 0 Å². The number of hydrogen-bond donors (Lipinski definition) is 1. The lowest BCUT2D eigenvalue weighted by Gasteiger charge is -2.35. The summed E-state index contributed by atoms with van der Waals surface area (Å²) in [6, 6.07) is 6.30. The van der Waals surface area contributed by atoms with Crippen LogP contribution in [0.3, 0.4) is 0 Å². The Kier molecular flexibility index (Phi) is 4.84. The first-order chi connectivity index (χ1) is 10.0. The Morgan fingerprint density at radius 2 is 2.19 bits per heavy atom. The van der Waals surface area contributed by atoms with Gasteiger partial charge in [-0.05, 0) is 43.7 Å². The van der Waals surface area contributed by atoms with Crippen molar-refractivity contribution in [1.82, 2.24) is 5.32 Å². The Hall–Kier alpha value is -1.60. The minimum Gasteiger partial charge on any atom is -0.334 e. The van der Waals surface area contributed by atoms with Crippen LogP contribution in [0.15, 0.2) is 18.2 Å². The third-order valence-electron chi connectivity index (χ3n) is 4.29. The van der Waals surface area contributed by atoms with Crippen LogP contribution < -0.4 is 5.32 Å². The summed E-state index contributed by atoms with van der Waals surface area (Å²) < 4.78 is 13.8. The van der Waals surface area contributed by atoms with Crippen LogP contribution in [-0.4, -0.2) is 11.4 Å². The van der Waals surface area contributed by atoms with Crippen molar-refractivity contribution in [2.45, 2.75) is 44.6 Å². The van der Waals surface area contributed by atoms with Crippen molar-refractivity contribution >= 4 is 17.5 Å². The van der Waals surface area contributed by atoms with E-state index < -0.39 is 17.3 Å². The number of carbonyl (C=O) groups is 1. The number of rotatable bonds is 3. The average molecular weight is 309 g/mol. The molecule has 0 spiro atoms. The van der Waals surface area contributed by atoms with Crippen LogP contribution in [0.25, 0.3) is 0 Å². The minimum atomic E-state index is -0.908. The summed E-state index contributed by atoms with van der Waals surface area (Å²) in [5.41, 5.74) is -1.10. The first-order valence-electron chi connectivity index (χ1n) is 7.19. The zero-order valence-corrected chi connectivity index (χ0v) is 12.7. The van der Waals surface area contributed by atoms with Crippen LogP contribution in [-0.2, 0) is 0 Å². The Labute approximate surface area is 129 Å². The molecule has 21 heavy (non-hydrogen) atoms. The molecule has 5 heteroatoms. The number of nitriles is 1. The molecule has 0 bridgehead atoms. The summed E-state index contributed by atoms with van der Waals surface area (Å²) in [5, 5.41) is 12.2. The summed E-state index contributed by atoms with van der Waals surface area (Å²) in [7, 11) is 0. The second-order valence-corrected chi connectivity index (χ2v) is 6.00. The molecule has 0 unspecified atom stereocenters. The van der Waals surface area contributed by atoms with Crippen molar-refractivity contribution in [2.75, 3.05) is 0 Å². The van der Waals surface area contributed by atoms with Gasteiger partial charge in [0.15, 0.2) is 0 Å². The molecule has 112 valence electrons. The van der Waals surface area contributed by atoms with E-state index in [9.17, 15) is 14.4 Å². The van der Waals surface area contributed by atoms with Gasteiger partial charge in [-0.15, -0.1) is 0 Å². The van der Waals surface area contributed by atoms with E-state index in [4.69, 9.17) is 11.6 Å². The number of nitrogens with zero attached hydrogens (tertiary/aromatic N) is 1. The number of carbonyl (C=O) groups excluding carboxylic acids is 1. The van der Waals surface area contributed by atoms with Gasteiger partial charge in [-0.25, -0.2) is 4.39 Å². The number of halogens is 2. The molecule has 0 heterocycles. The molecule has 0 saturated heterocycles. The fourth-order valence-corrected chi connectivity index (χ4v) is 3.09. The van der Waals surface area contributed by atoms with Crippen molar-refractivity contribution in [3.05, 3.63) is 34.6 Å². The Morgan fingerprint density at radius 3 is 2.71 bits per heavy atom. The number of benzene rings is 1. The summed E-state index contributed by atoms with van der Waals surface area (Å²) in [4.78, 5) is 12.3. The van der Waals surface area contributed by atoms with E-state index in [0.29, 0.717) is 18.8 Å². The molecule has 0 aromatic heterocycles. The van der Waals surface area contributed by atoms with E-state index in [1.807, 2.05) is 0 Å². The topological polar surface area (TPSA) is 52.9 Å². The van der Waals surface area contributed by atoms with Crippen LogP contribution in [0, 0.1) is 23.1 Å². The second kappa shape index (κ2) is 6.44. The maximum atomic E-state index is 13.8. The molecule has 1 aromatic rings. The smallest absolute Gasteiger partial charge is 0.257 e. The lowest BCUT2D eigenvalue weighted by atomic mass is 9.76. The predicted molar refractivity (Wildman–Crippen MR) is 79.5 cm³/mol. The minimum absolute atomic E-state index is 0.0582. The van der Waals surface area contributed by atoms with Crippen LogP contribution in [0.4, 0.5) is 4.39 Å². The fraction of sp³-hybridized carbons (Fsp3) is 0.500. The first kappa shape index (κ1) is 15.8. The predicted octanol–water partition coefficient (Wildman–Crippen LogP) is 4.07. The molecule has 1 aliphatic rings. The highest BCUT2D eigenvalue weighted by atomic mass is 35.5. The van der Waals surface area contributed by atoms with Gasteiger partial charge < -0.3 is 5.32 Å². The van der Waals surface area contributed by atoms with Gasteiger partial charge in [0.05, 0.1) is 16.7 Å². The lowest BCUT2D eigenvalue weighted by molar-refractivity contribution is 0.0887. The lowest BCUT2D eigenvalue weighted by Crippen LogP contribution is -2.49. The normalized spacial score (nSPS) is 25.1. The number of nitrogens with one attached hydrogen (secondary N) is 1.